The zero-order valence-corrected chi connectivity index (χ0v) is 10.1. The van der Waals surface area contributed by atoms with Crippen LogP contribution >= 0.6 is 0 Å². The summed E-state index contributed by atoms with van der Waals surface area (Å²) in [6.45, 7) is 1.39. The van der Waals surface area contributed by atoms with Crippen molar-refractivity contribution in [3.05, 3.63) is 24.7 Å². The Balaban J connectivity index is 1.67. The van der Waals surface area contributed by atoms with Crippen LogP contribution in [-0.4, -0.2) is 38.9 Å². The second kappa shape index (κ2) is 3.68. The van der Waals surface area contributed by atoms with E-state index in [1.807, 2.05) is 16.8 Å². The highest BCUT2D eigenvalue weighted by Crippen LogP contribution is 2.44. The van der Waals surface area contributed by atoms with Crippen molar-refractivity contribution in [2.45, 2.75) is 18.9 Å². The average Bonchev–Trinajstić information content (AvgIpc) is 2.96. The van der Waals surface area contributed by atoms with Gasteiger partial charge >= 0.3 is 0 Å². The van der Waals surface area contributed by atoms with Gasteiger partial charge in [-0.3, -0.25) is 0 Å². The lowest BCUT2D eigenvalue weighted by Crippen LogP contribution is -2.54. The third-order valence-electron chi connectivity index (χ3n) is 4.43. The summed E-state index contributed by atoms with van der Waals surface area (Å²) in [7, 11) is 0. The Morgan fingerprint density at radius 2 is 2.33 bits per heavy atom. The van der Waals surface area contributed by atoms with Gasteiger partial charge in [-0.15, -0.1) is 0 Å². The van der Waals surface area contributed by atoms with Crippen LogP contribution in [0.5, 0.6) is 0 Å². The fourth-order valence-electron chi connectivity index (χ4n) is 3.51. The van der Waals surface area contributed by atoms with E-state index in [0.717, 1.165) is 30.2 Å². The van der Waals surface area contributed by atoms with Gasteiger partial charge in [0.25, 0.3) is 0 Å². The molecule has 3 heterocycles. The van der Waals surface area contributed by atoms with Gasteiger partial charge < -0.3 is 10.0 Å². The molecule has 0 amide bonds. The summed E-state index contributed by atoms with van der Waals surface area (Å²) < 4.78 is 1.87. The minimum absolute atomic E-state index is 0.325. The molecule has 1 saturated heterocycles. The summed E-state index contributed by atoms with van der Waals surface area (Å²) in [5.74, 6) is 2.26. The van der Waals surface area contributed by atoms with Gasteiger partial charge in [0.1, 0.15) is 11.8 Å². The number of rotatable bonds is 2. The lowest BCUT2D eigenvalue weighted by atomic mass is 9.92. The smallest absolute Gasteiger partial charge is 0.156 e. The van der Waals surface area contributed by atoms with Crippen molar-refractivity contribution in [3.8, 4) is 0 Å². The second-order valence-electron chi connectivity index (χ2n) is 5.42. The van der Waals surface area contributed by atoms with Crippen molar-refractivity contribution in [3.63, 3.8) is 0 Å². The number of hydrogen-bond donors (Lipinski definition) is 1. The normalized spacial score (nSPS) is 30.5. The molecule has 5 heteroatoms. The molecule has 2 fully saturated rings. The molecule has 0 unspecified atom stereocenters. The quantitative estimate of drug-likeness (QED) is 0.854. The third kappa shape index (κ3) is 1.31. The van der Waals surface area contributed by atoms with Crippen LogP contribution < -0.4 is 4.90 Å². The summed E-state index contributed by atoms with van der Waals surface area (Å²) in [6, 6.07) is 4.62. The molecule has 94 valence electrons. The molecule has 0 radical (unpaired) electrons. The van der Waals surface area contributed by atoms with Gasteiger partial charge in [-0.25, -0.2) is 9.50 Å². The predicted octanol–water partition coefficient (Wildman–Crippen LogP) is 0.936. The number of anilines is 1. The van der Waals surface area contributed by atoms with E-state index in [2.05, 4.69) is 21.0 Å². The van der Waals surface area contributed by atoms with Crippen LogP contribution in [0, 0.1) is 11.8 Å². The lowest BCUT2D eigenvalue weighted by Gasteiger charge is -2.45. The van der Waals surface area contributed by atoms with Crippen molar-refractivity contribution < 1.29 is 5.11 Å². The summed E-state index contributed by atoms with van der Waals surface area (Å²) in [5.41, 5.74) is 1.07. The second-order valence-corrected chi connectivity index (χ2v) is 5.42. The number of aliphatic hydroxyl groups is 1. The standard InChI is InChI=1S/C13H16N4O/c18-7-9-4-10-6-16(12(10)5-9)13-11-2-1-3-17(11)15-8-14-13/h1-3,8-10,12,18H,4-7H2/t9-,10+,12+/m1/s1. The number of fused-ring (bicyclic) bond motifs is 2. The number of aliphatic hydroxyl groups excluding tert-OH is 1. The van der Waals surface area contributed by atoms with Crippen molar-refractivity contribution in [2.24, 2.45) is 11.8 Å². The molecule has 18 heavy (non-hydrogen) atoms. The monoisotopic (exact) mass is 244 g/mol. The Hall–Kier alpha value is -1.62. The molecule has 1 aliphatic heterocycles. The van der Waals surface area contributed by atoms with E-state index >= 15 is 0 Å². The van der Waals surface area contributed by atoms with E-state index in [9.17, 15) is 5.11 Å². The number of hydrogen-bond acceptors (Lipinski definition) is 4. The molecule has 5 nitrogen and oxygen atoms in total. The van der Waals surface area contributed by atoms with Gasteiger partial charge in [0.05, 0.1) is 0 Å². The molecule has 1 N–H and O–H groups in total. The first-order chi connectivity index (χ1) is 8.86. The molecule has 3 atom stereocenters. The first-order valence-electron chi connectivity index (χ1n) is 6.52. The van der Waals surface area contributed by atoms with E-state index in [4.69, 9.17) is 0 Å². The van der Waals surface area contributed by atoms with E-state index in [0.29, 0.717) is 18.6 Å². The van der Waals surface area contributed by atoms with Crippen molar-refractivity contribution in [1.29, 1.82) is 0 Å². The van der Waals surface area contributed by atoms with Gasteiger partial charge in [0.15, 0.2) is 5.82 Å². The van der Waals surface area contributed by atoms with Crippen LogP contribution in [0.4, 0.5) is 5.82 Å². The maximum Gasteiger partial charge on any atom is 0.156 e. The highest BCUT2D eigenvalue weighted by molar-refractivity contribution is 5.70. The van der Waals surface area contributed by atoms with Crippen molar-refractivity contribution >= 4 is 11.3 Å². The van der Waals surface area contributed by atoms with E-state index in [1.54, 1.807) is 6.33 Å². The van der Waals surface area contributed by atoms with Crippen LogP contribution in [0.25, 0.3) is 5.52 Å². The maximum atomic E-state index is 9.28. The lowest BCUT2D eigenvalue weighted by molar-refractivity contribution is 0.227. The van der Waals surface area contributed by atoms with E-state index in [-0.39, 0.29) is 0 Å². The van der Waals surface area contributed by atoms with Crippen LogP contribution in [0.2, 0.25) is 0 Å². The summed E-state index contributed by atoms with van der Waals surface area (Å²) in [4.78, 5) is 6.82. The zero-order chi connectivity index (χ0) is 12.1. The SMILES string of the molecule is OC[C@@H]1C[C@H]2CN(c3ncnn4cccc34)[C@H]2C1. The van der Waals surface area contributed by atoms with Gasteiger partial charge in [0, 0.05) is 25.4 Å². The number of aromatic nitrogens is 3. The molecule has 2 aliphatic rings. The van der Waals surface area contributed by atoms with Crippen molar-refractivity contribution in [1.82, 2.24) is 14.6 Å². The largest absolute Gasteiger partial charge is 0.396 e. The first kappa shape index (κ1) is 10.3. The van der Waals surface area contributed by atoms with Crippen molar-refractivity contribution in [2.75, 3.05) is 18.1 Å². The highest BCUT2D eigenvalue weighted by Gasteiger charge is 2.46. The summed E-state index contributed by atoms with van der Waals surface area (Å²) in [6.07, 6.45) is 5.83. The Kier molecular flexibility index (Phi) is 2.11. The van der Waals surface area contributed by atoms with Crippen LogP contribution in [0.3, 0.4) is 0 Å². The Morgan fingerprint density at radius 1 is 1.39 bits per heavy atom. The summed E-state index contributed by atoms with van der Waals surface area (Å²) >= 11 is 0. The topological polar surface area (TPSA) is 53.7 Å². The molecule has 0 aromatic carbocycles. The minimum Gasteiger partial charge on any atom is -0.396 e. The molecule has 1 saturated carbocycles. The minimum atomic E-state index is 0.325. The van der Waals surface area contributed by atoms with E-state index in [1.165, 1.54) is 6.42 Å². The Labute approximate surface area is 105 Å². The fourth-order valence-corrected chi connectivity index (χ4v) is 3.51. The highest BCUT2D eigenvalue weighted by atomic mass is 16.3. The average molecular weight is 244 g/mol. The Bertz CT molecular complexity index is 581. The molecular weight excluding hydrogens is 228 g/mol. The molecule has 1 aliphatic carbocycles. The van der Waals surface area contributed by atoms with Crippen LogP contribution in [0.1, 0.15) is 12.8 Å². The molecule has 0 bridgehead atoms. The third-order valence-corrected chi connectivity index (χ3v) is 4.43. The van der Waals surface area contributed by atoms with E-state index < -0.39 is 0 Å². The van der Waals surface area contributed by atoms with Gasteiger partial charge in [0.2, 0.25) is 0 Å². The predicted molar refractivity (Wildman–Crippen MR) is 67.4 cm³/mol. The molecule has 0 spiro atoms. The maximum absolute atomic E-state index is 9.28. The zero-order valence-electron chi connectivity index (χ0n) is 10.1. The molecular formula is C13H16N4O. The summed E-state index contributed by atoms with van der Waals surface area (Å²) in [5, 5.41) is 13.5. The molecule has 2 aromatic rings. The van der Waals surface area contributed by atoms with Gasteiger partial charge in [-0.05, 0) is 36.8 Å². The first-order valence-corrected chi connectivity index (χ1v) is 6.52. The Morgan fingerprint density at radius 3 is 3.22 bits per heavy atom. The van der Waals surface area contributed by atoms with Crippen LogP contribution in [0.15, 0.2) is 24.7 Å². The molecule has 4 rings (SSSR count). The van der Waals surface area contributed by atoms with Gasteiger partial charge in [-0.1, -0.05) is 0 Å². The number of nitrogens with zero attached hydrogens (tertiary/aromatic N) is 4. The molecule has 2 aromatic heterocycles. The van der Waals surface area contributed by atoms with Gasteiger partial charge in [-0.2, -0.15) is 5.10 Å². The van der Waals surface area contributed by atoms with Crippen LogP contribution in [-0.2, 0) is 0 Å². The fraction of sp³-hybridized carbons (Fsp3) is 0.538.